The summed E-state index contributed by atoms with van der Waals surface area (Å²) < 4.78 is 25.9. The molecule has 1 fully saturated rings. The molecule has 0 saturated heterocycles. The average molecular weight is 266 g/mol. The molecule has 0 spiro atoms. The van der Waals surface area contributed by atoms with Crippen LogP contribution in [0.15, 0.2) is 12.2 Å². The second-order valence-electron chi connectivity index (χ2n) is 4.26. The first-order chi connectivity index (χ1) is 7.64. The Morgan fingerprint density at radius 2 is 1.88 bits per heavy atom. The molecule has 1 N–H and O–H groups in total. The number of hydrogen-bond acceptors (Lipinski definition) is 2. The van der Waals surface area contributed by atoms with Gasteiger partial charge in [-0.15, -0.1) is 11.6 Å². The lowest BCUT2D eigenvalue weighted by Crippen LogP contribution is -2.30. The molecule has 0 radical (unpaired) electrons. The van der Waals surface area contributed by atoms with Gasteiger partial charge in [0.25, 0.3) is 0 Å². The van der Waals surface area contributed by atoms with Gasteiger partial charge in [-0.25, -0.2) is 13.1 Å². The van der Waals surface area contributed by atoms with Crippen molar-refractivity contribution in [1.29, 1.82) is 0 Å². The third-order valence-corrected chi connectivity index (χ3v) is 4.55. The first-order valence-corrected chi connectivity index (χ1v) is 8.01. The average Bonchev–Trinajstić information content (AvgIpc) is 2.25. The highest BCUT2D eigenvalue weighted by atomic mass is 35.5. The topological polar surface area (TPSA) is 46.2 Å². The molecule has 0 bridgehead atoms. The molecule has 0 amide bonds. The van der Waals surface area contributed by atoms with Gasteiger partial charge in [-0.3, -0.25) is 0 Å². The predicted molar refractivity (Wildman–Crippen MR) is 68.2 cm³/mol. The van der Waals surface area contributed by atoms with Crippen molar-refractivity contribution < 1.29 is 8.42 Å². The minimum absolute atomic E-state index is 0.279. The second-order valence-corrected chi connectivity index (χ2v) is 6.42. The van der Waals surface area contributed by atoms with Crippen molar-refractivity contribution >= 4 is 21.6 Å². The largest absolute Gasteiger partial charge is 0.212 e. The standard InChI is InChI=1S/C11H20ClNO2S/c12-8-4-5-9-13-16(14,15)10-11-6-2-1-3-7-11/h4-5,11,13H,1-3,6-10H2/b5-4+. The Balaban J connectivity index is 2.29. The van der Waals surface area contributed by atoms with E-state index in [1.54, 1.807) is 12.2 Å². The Hall–Kier alpha value is -0.0600. The summed E-state index contributed by atoms with van der Waals surface area (Å²) in [6, 6.07) is 0. The third kappa shape index (κ3) is 5.87. The van der Waals surface area contributed by atoms with Gasteiger partial charge in [0.1, 0.15) is 0 Å². The number of sulfonamides is 1. The van der Waals surface area contributed by atoms with Crippen LogP contribution in [0.4, 0.5) is 0 Å². The smallest absolute Gasteiger partial charge is 0.212 e. The fraction of sp³-hybridized carbons (Fsp3) is 0.818. The molecule has 5 heteroatoms. The van der Waals surface area contributed by atoms with E-state index in [1.165, 1.54) is 19.3 Å². The highest BCUT2D eigenvalue weighted by molar-refractivity contribution is 7.89. The van der Waals surface area contributed by atoms with Gasteiger partial charge in [0, 0.05) is 12.4 Å². The monoisotopic (exact) mass is 265 g/mol. The fourth-order valence-corrected chi connectivity index (χ4v) is 3.59. The summed E-state index contributed by atoms with van der Waals surface area (Å²) in [6.45, 7) is 0.349. The summed E-state index contributed by atoms with van der Waals surface area (Å²) in [5, 5.41) is 0. The van der Waals surface area contributed by atoms with Crippen LogP contribution in [0.1, 0.15) is 32.1 Å². The van der Waals surface area contributed by atoms with Crippen LogP contribution in [-0.2, 0) is 10.0 Å². The number of rotatable bonds is 6. The minimum Gasteiger partial charge on any atom is -0.212 e. The molecule has 94 valence electrons. The second kappa shape index (κ2) is 7.30. The Bertz CT molecular complexity index is 308. The first-order valence-electron chi connectivity index (χ1n) is 5.82. The predicted octanol–water partition coefficient (Wildman–Crippen LogP) is 2.28. The van der Waals surface area contributed by atoms with Crippen molar-refractivity contribution in [3.8, 4) is 0 Å². The van der Waals surface area contributed by atoms with Gasteiger partial charge >= 0.3 is 0 Å². The maximum Gasteiger partial charge on any atom is 0.212 e. The Labute approximate surface area is 103 Å². The molecule has 16 heavy (non-hydrogen) atoms. The zero-order valence-corrected chi connectivity index (χ0v) is 11.1. The summed E-state index contributed by atoms with van der Waals surface area (Å²) in [4.78, 5) is 0. The number of alkyl halides is 1. The number of halogens is 1. The molecule has 0 aromatic carbocycles. The van der Waals surface area contributed by atoms with Crippen molar-refractivity contribution in [1.82, 2.24) is 4.72 Å². The summed E-state index contributed by atoms with van der Waals surface area (Å²) >= 11 is 5.44. The van der Waals surface area contributed by atoms with Crippen molar-refractivity contribution in [3.63, 3.8) is 0 Å². The van der Waals surface area contributed by atoms with E-state index in [0.29, 0.717) is 18.3 Å². The molecule has 0 aromatic heterocycles. The van der Waals surface area contributed by atoms with Crippen molar-refractivity contribution in [2.45, 2.75) is 32.1 Å². The van der Waals surface area contributed by atoms with Gasteiger partial charge in [0.05, 0.1) is 5.75 Å². The molecular formula is C11H20ClNO2S. The highest BCUT2D eigenvalue weighted by Gasteiger charge is 2.20. The zero-order valence-electron chi connectivity index (χ0n) is 9.49. The number of hydrogen-bond donors (Lipinski definition) is 1. The molecule has 3 nitrogen and oxygen atoms in total. The van der Waals surface area contributed by atoms with Crippen LogP contribution >= 0.6 is 11.6 Å². The van der Waals surface area contributed by atoms with Crippen LogP contribution in [0, 0.1) is 5.92 Å². The van der Waals surface area contributed by atoms with E-state index in [0.717, 1.165) is 12.8 Å². The van der Waals surface area contributed by atoms with Gasteiger partial charge in [-0.2, -0.15) is 0 Å². The number of allylic oxidation sites excluding steroid dienone is 1. The van der Waals surface area contributed by atoms with Crippen LogP contribution in [0.25, 0.3) is 0 Å². The van der Waals surface area contributed by atoms with Crippen LogP contribution in [0.3, 0.4) is 0 Å². The highest BCUT2D eigenvalue weighted by Crippen LogP contribution is 2.24. The Morgan fingerprint density at radius 1 is 1.19 bits per heavy atom. The van der Waals surface area contributed by atoms with Gasteiger partial charge < -0.3 is 0 Å². The first kappa shape index (κ1) is 14.0. The molecule has 0 aromatic rings. The molecule has 0 aliphatic heterocycles. The molecule has 1 rings (SSSR count). The van der Waals surface area contributed by atoms with E-state index in [1.807, 2.05) is 0 Å². The lowest BCUT2D eigenvalue weighted by molar-refractivity contribution is 0.384. The summed E-state index contributed by atoms with van der Waals surface area (Å²) in [7, 11) is -3.11. The molecular weight excluding hydrogens is 246 g/mol. The van der Waals surface area contributed by atoms with E-state index in [-0.39, 0.29) is 5.75 Å². The van der Waals surface area contributed by atoms with Crippen LogP contribution in [0.2, 0.25) is 0 Å². The maximum atomic E-state index is 11.7. The molecule has 1 aliphatic rings. The summed E-state index contributed by atoms with van der Waals surface area (Å²) in [5.41, 5.74) is 0. The quantitative estimate of drug-likeness (QED) is 0.592. The van der Waals surface area contributed by atoms with Crippen LogP contribution in [0.5, 0.6) is 0 Å². The van der Waals surface area contributed by atoms with E-state index < -0.39 is 10.0 Å². The molecule has 0 unspecified atom stereocenters. The summed E-state index contributed by atoms with van der Waals surface area (Å²) in [5.74, 6) is 1.05. The van der Waals surface area contributed by atoms with Crippen molar-refractivity contribution in [3.05, 3.63) is 12.2 Å². The molecule has 1 saturated carbocycles. The van der Waals surface area contributed by atoms with Gasteiger partial charge in [-0.05, 0) is 18.8 Å². The van der Waals surface area contributed by atoms with Crippen molar-refractivity contribution in [2.75, 3.05) is 18.2 Å². The lowest BCUT2D eigenvalue weighted by atomic mass is 9.91. The van der Waals surface area contributed by atoms with E-state index in [4.69, 9.17) is 11.6 Å². The van der Waals surface area contributed by atoms with E-state index in [2.05, 4.69) is 4.72 Å². The van der Waals surface area contributed by atoms with Gasteiger partial charge in [0.15, 0.2) is 0 Å². The maximum absolute atomic E-state index is 11.7. The minimum atomic E-state index is -3.11. The molecule has 0 heterocycles. The third-order valence-electron chi connectivity index (χ3n) is 2.86. The summed E-state index contributed by atoms with van der Waals surface area (Å²) in [6.07, 6.45) is 9.19. The van der Waals surface area contributed by atoms with Crippen LogP contribution in [-0.4, -0.2) is 26.6 Å². The van der Waals surface area contributed by atoms with E-state index in [9.17, 15) is 8.42 Å². The Morgan fingerprint density at radius 3 is 2.50 bits per heavy atom. The Kier molecular flexibility index (Phi) is 6.39. The molecule has 1 aliphatic carbocycles. The normalized spacial score (nSPS) is 19.3. The lowest BCUT2D eigenvalue weighted by Gasteiger charge is -2.21. The SMILES string of the molecule is O=S(=O)(CC1CCCCC1)NC/C=C/CCl. The number of nitrogens with one attached hydrogen (secondary N) is 1. The van der Waals surface area contributed by atoms with E-state index >= 15 is 0 Å². The van der Waals surface area contributed by atoms with Crippen LogP contribution < -0.4 is 4.72 Å². The molecule has 0 atom stereocenters. The van der Waals surface area contributed by atoms with Crippen molar-refractivity contribution in [2.24, 2.45) is 5.92 Å². The van der Waals surface area contributed by atoms with Gasteiger partial charge in [0.2, 0.25) is 10.0 Å². The van der Waals surface area contributed by atoms with Gasteiger partial charge in [-0.1, -0.05) is 31.4 Å². The fourth-order valence-electron chi connectivity index (χ4n) is 2.04. The zero-order chi connectivity index (χ0) is 11.9.